The van der Waals surface area contributed by atoms with E-state index in [0.29, 0.717) is 28.8 Å². The fourth-order valence-corrected chi connectivity index (χ4v) is 3.91. The van der Waals surface area contributed by atoms with Gasteiger partial charge in [0.25, 0.3) is 11.1 Å². The van der Waals surface area contributed by atoms with Gasteiger partial charge in [-0.15, -0.1) is 0 Å². The van der Waals surface area contributed by atoms with Gasteiger partial charge in [-0.2, -0.15) is 0 Å². The van der Waals surface area contributed by atoms with E-state index in [4.69, 9.17) is 5.73 Å². The third kappa shape index (κ3) is 4.53. The molecule has 4 N–H and O–H groups in total. The molecule has 3 aromatic rings. The first kappa shape index (κ1) is 21.3. The van der Waals surface area contributed by atoms with Crippen LogP contribution in [0.25, 0.3) is 10.8 Å². The summed E-state index contributed by atoms with van der Waals surface area (Å²) in [5, 5.41) is 5.88. The Morgan fingerprint density at radius 3 is 2.66 bits per heavy atom. The molecule has 0 spiro atoms. The van der Waals surface area contributed by atoms with Gasteiger partial charge < -0.3 is 16.0 Å². The Bertz CT molecular complexity index is 1260. The van der Waals surface area contributed by atoms with Crippen LogP contribution in [0.15, 0.2) is 52.2 Å². The minimum absolute atomic E-state index is 0.00234. The number of anilines is 2. The lowest BCUT2D eigenvalue weighted by Gasteiger charge is -2.32. The van der Waals surface area contributed by atoms with Crippen molar-refractivity contribution >= 4 is 34.1 Å². The van der Waals surface area contributed by atoms with Crippen LogP contribution < -0.4 is 27.1 Å². The summed E-state index contributed by atoms with van der Waals surface area (Å²) < 4.78 is 1.15. The highest BCUT2D eigenvalue weighted by Gasteiger charge is 2.24. The van der Waals surface area contributed by atoms with Crippen LogP contribution in [0, 0.1) is 5.92 Å². The number of benzene rings is 1. The van der Waals surface area contributed by atoms with Crippen LogP contribution in [-0.4, -0.2) is 39.7 Å². The number of hydrogen-bond donors (Lipinski definition) is 3. The van der Waals surface area contributed by atoms with Gasteiger partial charge in [-0.05, 0) is 37.1 Å². The number of H-pyrrole nitrogens is 1. The van der Waals surface area contributed by atoms with Crippen molar-refractivity contribution in [1.29, 1.82) is 0 Å². The molecular formula is C22H24N6O4. The molecule has 1 saturated heterocycles. The molecule has 4 rings (SSSR count). The topological polar surface area (TPSA) is 143 Å². The number of nitrogens with zero attached hydrogens (tertiary/aromatic N) is 3. The van der Waals surface area contributed by atoms with Crippen LogP contribution in [0.1, 0.15) is 19.3 Å². The van der Waals surface area contributed by atoms with Gasteiger partial charge in [-0.25, -0.2) is 9.67 Å². The molecule has 1 atom stereocenters. The van der Waals surface area contributed by atoms with Crippen molar-refractivity contribution in [2.24, 2.45) is 11.7 Å². The molecule has 0 radical (unpaired) electrons. The first-order valence-electron chi connectivity index (χ1n) is 10.4. The average Bonchev–Trinajstić information content (AvgIpc) is 2.81. The molecule has 10 heteroatoms. The van der Waals surface area contributed by atoms with Crippen molar-refractivity contribution < 1.29 is 9.59 Å². The number of aromatic amines is 1. The van der Waals surface area contributed by atoms with E-state index in [-0.39, 0.29) is 41.8 Å². The fourth-order valence-electron chi connectivity index (χ4n) is 3.91. The van der Waals surface area contributed by atoms with Crippen LogP contribution in [0.3, 0.4) is 0 Å². The second-order valence-electron chi connectivity index (χ2n) is 7.83. The zero-order valence-electron chi connectivity index (χ0n) is 17.4. The molecule has 0 saturated carbocycles. The lowest BCUT2D eigenvalue weighted by Crippen LogP contribution is -2.41. The number of rotatable bonds is 6. The van der Waals surface area contributed by atoms with Gasteiger partial charge in [-0.1, -0.05) is 12.1 Å². The Kier molecular flexibility index (Phi) is 6.02. The third-order valence-corrected chi connectivity index (χ3v) is 5.63. The van der Waals surface area contributed by atoms with Crippen molar-refractivity contribution in [3.05, 3.63) is 63.3 Å². The smallest absolute Gasteiger partial charge is 0.273 e. The number of primary amides is 1. The summed E-state index contributed by atoms with van der Waals surface area (Å²) in [5.74, 6) is -0.0817. The van der Waals surface area contributed by atoms with Crippen LogP contribution >= 0.6 is 0 Å². The number of fused-ring (bicyclic) bond motifs is 1. The number of pyridine rings is 1. The summed E-state index contributed by atoms with van der Waals surface area (Å²) in [7, 11) is 0. The van der Waals surface area contributed by atoms with Crippen molar-refractivity contribution in [2.45, 2.75) is 25.8 Å². The van der Waals surface area contributed by atoms with Gasteiger partial charge >= 0.3 is 0 Å². The minimum atomic E-state index is -0.378. The quantitative estimate of drug-likeness (QED) is 0.522. The first-order chi connectivity index (χ1) is 15.4. The van der Waals surface area contributed by atoms with Crippen molar-refractivity contribution in [3.63, 3.8) is 0 Å². The maximum absolute atomic E-state index is 12.5. The number of hydrogen-bond acceptors (Lipinski definition) is 6. The summed E-state index contributed by atoms with van der Waals surface area (Å²) in [6.45, 7) is 1.37. The molecule has 32 heavy (non-hydrogen) atoms. The molecule has 1 aliphatic rings. The van der Waals surface area contributed by atoms with E-state index in [0.717, 1.165) is 24.1 Å². The van der Waals surface area contributed by atoms with Gasteiger partial charge in [0.2, 0.25) is 11.8 Å². The largest absolute Gasteiger partial charge is 0.369 e. The Labute approximate surface area is 183 Å². The highest BCUT2D eigenvalue weighted by Crippen LogP contribution is 2.22. The molecule has 1 aromatic carbocycles. The van der Waals surface area contributed by atoms with Gasteiger partial charge in [0.15, 0.2) is 0 Å². The lowest BCUT2D eigenvalue weighted by atomic mass is 9.97. The SMILES string of the molecule is NC(=O)C1CCCN(c2ccc(NC(=O)CCn3[nH]c(=O)c4ccccc4c3=O)cn2)C1. The van der Waals surface area contributed by atoms with E-state index in [9.17, 15) is 19.2 Å². The predicted molar refractivity (Wildman–Crippen MR) is 120 cm³/mol. The number of aromatic nitrogens is 3. The molecule has 2 aromatic heterocycles. The number of piperidine rings is 1. The molecular weight excluding hydrogens is 412 g/mol. The maximum atomic E-state index is 12.5. The monoisotopic (exact) mass is 436 g/mol. The number of aryl methyl sites for hydroxylation is 1. The zero-order valence-corrected chi connectivity index (χ0v) is 17.4. The van der Waals surface area contributed by atoms with Crippen LogP contribution in [0.2, 0.25) is 0 Å². The summed E-state index contributed by atoms with van der Waals surface area (Å²) >= 11 is 0. The number of nitrogens with two attached hydrogens (primary N) is 1. The highest BCUT2D eigenvalue weighted by atomic mass is 16.2. The highest BCUT2D eigenvalue weighted by molar-refractivity contribution is 5.90. The van der Waals surface area contributed by atoms with Gasteiger partial charge in [0.1, 0.15) is 5.82 Å². The van der Waals surface area contributed by atoms with E-state index in [1.165, 1.54) is 0 Å². The second-order valence-corrected chi connectivity index (χ2v) is 7.83. The van der Waals surface area contributed by atoms with Crippen LogP contribution in [0.4, 0.5) is 11.5 Å². The molecule has 1 aliphatic heterocycles. The van der Waals surface area contributed by atoms with Crippen molar-refractivity contribution in [1.82, 2.24) is 14.8 Å². The van der Waals surface area contributed by atoms with Gasteiger partial charge in [-0.3, -0.25) is 24.3 Å². The Morgan fingerprint density at radius 1 is 1.16 bits per heavy atom. The summed E-state index contributed by atoms with van der Waals surface area (Å²) in [6, 6.07) is 10.1. The molecule has 1 unspecified atom stereocenters. The Hall–Kier alpha value is -3.95. The van der Waals surface area contributed by atoms with Crippen molar-refractivity contribution in [2.75, 3.05) is 23.3 Å². The molecule has 3 heterocycles. The second kappa shape index (κ2) is 9.04. The van der Waals surface area contributed by atoms with E-state index in [1.54, 1.807) is 42.6 Å². The van der Waals surface area contributed by atoms with E-state index < -0.39 is 0 Å². The number of nitrogens with one attached hydrogen (secondary N) is 2. The summed E-state index contributed by atoms with van der Waals surface area (Å²) in [6.07, 6.45) is 3.20. The normalized spacial score (nSPS) is 16.1. The van der Waals surface area contributed by atoms with Crippen molar-refractivity contribution in [3.8, 4) is 0 Å². The Morgan fingerprint density at radius 2 is 1.94 bits per heavy atom. The Balaban J connectivity index is 1.37. The molecule has 2 amide bonds. The van der Waals surface area contributed by atoms with Gasteiger partial charge in [0, 0.05) is 19.5 Å². The number of carbonyl (C=O) groups is 2. The first-order valence-corrected chi connectivity index (χ1v) is 10.4. The lowest BCUT2D eigenvalue weighted by molar-refractivity contribution is -0.122. The predicted octanol–water partition coefficient (Wildman–Crippen LogP) is 0.815. The minimum Gasteiger partial charge on any atom is -0.369 e. The zero-order chi connectivity index (χ0) is 22.7. The number of amides is 2. The van der Waals surface area contributed by atoms with Crippen LogP contribution in [-0.2, 0) is 16.1 Å². The van der Waals surface area contributed by atoms with Crippen LogP contribution in [0.5, 0.6) is 0 Å². The fraction of sp³-hybridized carbons (Fsp3) is 0.318. The molecule has 166 valence electrons. The average molecular weight is 436 g/mol. The summed E-state index contributed by atoms with van der Waals surface area (Å²) in [4.78, 5) is 54.9. The third-order valence-electron chi connectivity index (χ3n) is 5.63. The standard InChI is InChI=1S/C22H24N6O4/c23-20(30)14-4-3-10-27(13-14)18-8-7-15(12-24-18)25-19(29)9-11-28-22(32)17-6-2-1-5-16(17)21(31)26-28/h1-2,5-8,12,14H,3-4,9-11,13H2,(H2,23,30)(H,25,29)(H,26,31). The van der Waals surface area contributed by atoms with E-state index in [1.807, 2.05) is 4.90 Å². The van der Waals surface area contributed by atoms with Gasteiger partial charge in [0.05, 0.1) is 35.1 Å². The molecule has 10 nitrogen and oxygen atoms in total. The molecule has 1 fully saturated rings. The van der Waals surface area contributed by atoms with E-state index >= 15 is 0 Å². The molecule has 0 bridgehead atoms. The molecule has 0 aliphatic carbocycles. The summed E-state index contributed by atoms with van der Waals surface area (Å²) in [5.41, 5.74) is 5.21. The number of carbonyl (C=O) groups excluding carboxylic acids is 2. The maximum Gasteiger partial charge on any atom is 0.273 e. The van der Waals surface area contributed by atoms with E-state index in [2.05, 4.69) is 15.4 Å².